The summed E-state index contributed by atoms with van der Waals surface area (Å²) in [4.78, 5) is 53.5. The fraction of sp³-hybridized carbons (Fsp3) is 0.677. The van der Waals surface area contributed by atoms with Crippen molar-refractivity contribution in [2.75, 3.05) is 26.3 Å². The topological polar surface area (TPSA) is 134 Å². The number of esters is 1. The molecule has 0 aliphatic carbocycles. The van der Waals surface area contributed by atoms with Crippen molar-refractivity contribution in [3.8, 4) is 0 Å². The van der Waals surface area contributed by atoms with E-state index in [1.807, 2.05) is 32.0 Å². The first-order valence-electron chi connectivity index (χ1n) is 14.8. The molecule has 0 spiro atoms. The highest BCUT2D eigenvalue weighted by molar-refractivity contribution is 5.92. The van der Waals surface area contributed by atoms with Gasteiger partial charge in [-0.1, -0.05) is 62.8 Å². The molecule has 10 heteroatoms. The number of rotatable bonds is 17. The lowest BCUT2D eigenvalue weighted by Gasteiger charge is -2.35. The van der Waals surface area contributed by atoms with Crippen molar-refractivity contribution in [2.45, 2.75) is 111 Å². The predicted octanol–water partition coefficient (Wildman–Crippen LogP) is 4.49. The minimum atomic E-state index is -1.31. The average Bonchev–Trinajstić information content (AvgIpc) is 2.89. The van der Waals surface area contributed by atoms with E-state index in [1.54, 1.807) is 27.7 Å². The number of carbonyl (C=O) groups excluding carboxylic acids is 4. The third-order valence-corrected chi connectivity index (χ3v) is 6.43. The summed E-state index contributed by atoms with van der Waals surface area (Å²) in [5, 5.41) is 15.4. The number of unbranched alkanes of at least 4 members (excludes halogenated alkanes) is 5. The van der Waals surface area contributed by atoms with Gasteiger partial charge in [0.1, 0.15) is 17.7 Å². The zero-order valence-electron chi connectivity index (χ0n) is 26.0. The number of ether oxygens (including phenoxy) is 2. The first kappa shape index (κ1) is 35.9. The fourth-order valence-electron chi connectivity index (χ4n) is 4.39. The molecular formula is C31H51N3O7. The van der Waals surface area contributed by atoms with Crippen LogP contribution in [0.4, 0.5) is 4.79 Å². The first-order chi connectivity index (χ1) is 19.3. The van der Waals surface area contributed by atoms with E-state index in [9.17, 15) is 24.3 Å². The lowest BCUT2D eigenvalue weighted by atomic mass is 9.95. The lowest BCUT2D eigenvalue weighted by molar-refractivity contribution is -0.144. The van der Waals surface area contributed by atoms with E-state index in [2.05, 4.69) is 17.6 Å². The highest BCUT2D eigenvalue weighted by Crippen LogP contribution is 2.27. The van der Waals surface area contributed by atoms with Crippen LogP contribution < -0.4 is 10.6 Å². The average molecular weight is 578 g/mol. The number of amides is 3. The molecule has 232 valence electrons. The Morgan fingerprint density at radius 2 is 1.66 bits per heavy atom. The molecule has 0 saturated heterocycles. The normalized spacial score (nSPS) is 12.7. The smallest absolute Gasteiger partial charge is 0.408 e. The molecule has 0 fully saturated rings. The Morgan fingerprint density at radius 1 is 1.00 bits per heavy atom. The van der Waals surface area contributed by atoms with Crippen molar-refractivity contribution >= 4 is 23.9 Å². The molecule has 3 amide bonds. The Morgan fingerprint density at radius 3 is 2.27 bits per heavy atom. The molecule has 0 heterocycles. The van der Waals surface area contributed by atoms with Gasteiger partial charge >= 0.3 is 12.1 Å². The van der Waals surface area contributed by atoms with Gasteiger partial charge in [-0.15, -0.1) is 0 Å². The molecule has 0 aliphatic rings. The summed E-state index contributed by atoms with van der Waals surface area (Å²) in [5.41, 5.74) is 1.55. The number of alkyl carbamates (subject to hydrolysis) is 1. The van der Waals surface area contributed by atoms with Gasteiger partial charge in [0.05, 0.1) is 19.6 Å². The highest BCUT2D eigenvalue weighted by Gasteiger charge is 2.36. The maximum absolute atomic E-state index is 14.0. The second-order valence-electron chi connectivity index (χ2n) is 11.3. The van der Waals surface area contributed by atoms with Crippen molar-refractivity contribution in [2.24, 2.45) is 0 Å². The van der Waals surface area contributed by atoms with Crippen LogP contribution in [-0.4, -0.2) is 71.8 Å². The molecule has 1 aromatic carbocycles. The van der Waals surface area contributed by atoms with Gasteiger partial charge in [-0.2, -0.15) is 0 Å². The molecule has 2 atom stereocenters. The molecule has 3 N–H and O–H groups in total. The van der Waals surface area contributed by atoms with Gasteiger partial charge < -0.3 is 30.1 Å². The molecule has 0 aliphatic heterocycles. The summed E-state index contributed by atoms with van der Waals surface area (Å²) in [6, 6.07) is 3.32. The minimum Gasteiger partial charge on any atom is -0.466 e. The van der Waals surface area contributed by atoms with Crippen LogP contribution in [0.3, 0.4) is 0 Å². The Hall–Kier alpha value is -3.14. The van der Waals surface area contributed by atoms with Crippen molar-refractivity contribution in [1.29, 1.82) is 0 Å². The van der Waals surface area contributed by atoms with Crippen molar-refractivity contribution in [1.82, 2.24) is 15.5 Å². The van der Waals surface area contributed by atoms with E-state index in [0.29, 0.717) is 12.0 Å². The van der Waals surface area contributed by atoms with Crippen LogP contribution in [0.15, 0.2) is 18.2 Å². The second-order valence-corrected chi connectivity index (χ2v) is 11.3. The molecule has 0 saturated carbocycles. The molecule has 0 bridgehead atoms. The molecule has 1 rings (SSSR count). The summed E-state index contributed by atoms with van der Waals surface area (Å²) in [6.07, 6.45) is 4.96. The van der Waals surface area contributed by atoms with Gasteiger partial charge in [0.2, 0.25) is 11.8 Å². The number of hydrogen-bond donors (Lipinski definition) is 3. The Balaban J connectivity index is 3.39. The monoisotopic (exact) mass is 577 g/mol. The zero-order chi connectivity index (χ0) is 31.0. The fourth-order valence-corrected chi connectivity index (χ4v) is 4.39. The van der Waals surface area contributed by atoms with Gasteiger partial charge in [0.25, 0.3) is 0 Å². The number of aliphatic hydroxyl groups is 1. The number of hydrogen-bond acceptors (Lipinski definition) is 7. The maximum Gasteiger partial charge on any atom is 0.408 e. The van der Waals surface area contributed by atoms with Crippen molar-refractivity contribution < 1.29 is 33.8 Å². The zero-order valence-corrected chi connectivity index (χ0v) is 26.0. The first-order valence-corrected chi connectivity index (χ1v) is 14.8. The van der Waals surface area contributed by atoms with Crippen LogP contribution in [-0.2, 0) is 23.9 Å². The molecule has 10 nitrogen and oxygen atoms in total. The Bertz CT molecular complexity index is 990. The Kier molecular flexibility index (Phi) is 16.0. The van der Waals surface area contributed by atoms with Gasteiger partial charge in [-0.25, -0.2) is 4.79 Å². The number of carbonyl (C=O) groups is 4. The van der Waals surface area contributed by atoms with E-state index in [0.717, 1.165) is 43.2 Å². The maximum atomic E-state index is 14.0. The van der Waals surface area contributed by atoms with E-state index in [4.69, 9.17) is 9.47 Å². The number of nitrogens with zero attached hydrogens (tertiary/aromatic N) is 1. The van der Waals surface area contributed by atoms with Crippen LogP contribution in [0.5, 0.6) is 0 Å². The third kappa shape index (κ3) is 13.4. The number of aliphatic hydroxyl groups excluding tert-OH is 1. The van der Waals surface area contributed by atoms with E-state index in [-0.39, 0.29) is 26.1 Å². The molecular weight excluding hydrogens is 526 g/mol. The van der Waals surface area contributed by atoms with Gasteiger partial charge in [-0.05, 0) is 59.1 Å². The lowest BCUT2D eigenvalue weighted by Crippen LogP contribution is -2.54. The van der Waals surface area contributed by atoms with Crippen molar-refractivity contribution in [3.05, 3.63) is 34.9 Å². The third-order valence-electron chi connectivity index (χ3n) is 6.43. The highest BCUT2D eigenvalue weighted by atomic mass is 16.6. The molecule has 0 aromatic heterocycles. The molecule has 41 heavy (non-hydrogen) atoms. The SMILES string of the molecule is CCCCCCCCN(C(=O)C(CO)NC(=O)OC(C)(C)C)C(C(=O)NCCC(=O)OCC)c1cc(C)ccc1C. The number of aryl methyl sites for hydroxylation is 2. The molecule has 0 radical (unpaired) electrons. The Labute approximate surface area is 245 Å². The summed E-state index contributed by atoms with van der Waals surface area (Å²) >= 11 is 0. The quantitative estimate of drug-likeness (QED) is 0.183. The van der Waals surface area contributed by atoms with Gasteiger partial charge in [0, 0.05) is 13.1 Å². The number of benzene rings is 1. The van der Waals surface area contributed by atoms with Crippen LogP contribution >= 0.6 is 0 Å². The summed E-state index contributed by atoms with van der Waals surface area (Å²) in [6.45, 7) is 12.6. The van der Waals surface area contributed by atoms with E-state index in [1.165, 1.54) is 4.90 Å². The van der Waals surface area contributed by atoms with Crippen LogP contribution in [0, 0.1) is 13.8 Å². The van der Waals surface area contributed by atoms with E-state index < -0.39 is 48.2 Å². The van der Waals surface area contributed by atoms with Gasteiger partial charge in [0.15, 0.2) is 0 Å². The largest absolute Gasteiger partial charge is 0.466 e. The molecule has 1 aromatic rings. The predicted molar refractivity (Wildman–Crippen MR) is 158 cm³/mol. The van der Waals surface area contributed by atoms with Crippen LogP contribution in [0.1, 0.15) is 102 Å². The summed E-state index contributed by atoms with van der Waals surface area (Å²) < 4.78 is 10.3. The molecule has 2 unspecified atom stereocenters. The summed E-state index contributed by atoms with van der Waals surface area (Å²) in [5.74, 6) is -1.49. The minimum absolute atomic E-state index is 0.00998. The number of nitrogens with one attached hydrogen (secondary N) is 2. The van der Waals surface area contributed by atoms with Crippen LogP contribution in [0.2, 0.25) is 0 Å². The van der Waals surface area contributed by atoms with E-state index >= 15 is 0 Å². The summed E-state index contributed by atoms with van der Waals surface area (Å²) in [7, 11) is 0. The van der Waals surface area contributed by atoms with Crippen LogP contribution in [0.25, 0.3) is 0 Å². The standard InChI is InChI=1S/C31H51N3O7/c1-8-10-11-12-13-14-19-34(29(38)25(21-35)33-30(39)41-31(5,6)7)27(24-20-22(3)15-16-23(24)4)28(37)32-18-17-26(36)40-9-2/h15-16,20,25,27,35H,8-14,17-19,21H2,1-7H3,(H,32,37)(H,33,39). The second kappa shape index (κ2) is 18.3. The van der Waals surface area contributed by atoms with Gasteiger partial charge in [-0.3, -0.25) is 14.4 Å². The van der Waals surface area contributed by atoms with Crippen molar-refractivity contribution in [3.63, 3.8) is 0 Å².